The van der Waals surface area contributed by atoms with Gasteiger partial charge >= 0.3 is 12.4 Å². The fourth-order valence-electron chi connectivity index (χ4n) is 6.55. The van der Waals surface area contributed by atoms with Crippen molar-refractivity contribution in [2.45, 2.75) is 46.3 Å². The van der Waals surface area contributed by atoms with Gasteiger partial charge in [0.2, 0.25) is 15.3 Å². The minimum Gasteiger partial charge on any atom is -0.456 e. The van der Waals surface area contributed by atoms with E-state index in [2.05, 4.69) is 9.37 Å². The van der Waals surface area contributed by atoms with Crippen LogP contribution in [0.5, 0.6) is 23.0 Å². The molecule has 0 unspecified atom stereocenters. The molecule has 0 spiro atoms. The lowest BCUT2D eigenvalue weighted by atomic mass is 9.73. The third-order valence-electron chi connectivity index (χ3n) is 9.43. The van der Waals surface area contributed by atoms with Crippen LogP contribution in [0.4, 0.5) is 26.3 Å². The number of sulfone groups is 1. The normalized spacial score (nSPS) is 12.1. The molecular weight excluding hydrogens is 835 g/mol. The standard InChI is InChI=1S/C43H28F6N2O7S2/c1-26-6-3-10-38(36(26)24-50)55-31-18-14-29(15-19-31)41(42(44,45)46,43(47,48)49)30-16-20-32(21-17-30)56-39-11-5-9-35(37(39)25-51)28-13-12-27(2)40(22-28)60(53,54)34-8-4-7-33(23-34)59-58-57-52/h3-23,52H,1-2H3. The maximum atomic E-state index is 15.0. The van der Waals surface area contributed by atoms with E-state index >= 15 is 0 Å². The molecule has 0 heterocycles. The van der Waals surface area contributed by atoms with Crippen molar-refractivity contribution in [2.75, 3.05) is 0 Å². The lowest BCUT2D eigenvalue weighted by molar-refractivity contribution is -0.432. The number of hydrogen-bond donors (Lipinski definition) is 1. The van der Waals surface area contributed by atoms with E-state index in [0.717, 1.165) is 24.3 Å². The average Bonchev–Trinajstić information content (AvgIpc) is 3.21. The van der Waals surface area contributed by atoms with Crippen LogP contribution in [-0.4, -0.2) is 26.0 Å². The molecule has 0 amide bonds. The third kappa shape index (κ3) is 8.26. The summed E-state index contributed by atoms with van der Waals surface area (Å²) in [6, 6.07) is 29.4. The van der Waals surface area contributed by atoms with E-state index in [1.54, 1.807) is 32.0 Å². The predicted molar refractivity (Wildman–Crippen MR) is 206 cm³/mol. The van der Waals surface area contributed by atoms with Crippen molar-refractivity contribution in [3.8, 4) is 46.3 Å². The molecule has 0 saturated carbocycles. The van der Waals surface area contributed by atoms with Crippen LogP contribution in [0.2, 0.25) is 0 Å². The highest BCUT2D eigenvalue weighted by atomic mass is 32.2. The molecule has 6 rings (SSSR count). The number of hydrogen-bond acceptors (Lipinski definition) is 10. The molecule has 9 nitrogen and oxygen atoms in total. The number of nitriles is 2. The Morgan fingerprint density at radius 1 is 0.633 bits per heavy atom. The van der Waals surface area contributed by atoms with Gasteiger partial charge in [0.25, 0.3) is 0 Å². The zero-order chi connectivity index (χ0) is 43.5. The van der Waals surface area contributed by atoms with Gasteiger partial charge in [-0.2, -0.15) is 36.9 Å². The van der Waals surface area contributed by atoms with Crippen molar-refractivity contribution in [1.82, 2.24) is 0 Å². The fourth-order valence-corrected chi connectivity index (χ4v) is 8.62. The van der Waals surface area contributed by atoms with Crippen molar-refractivity contribution in [3.63, 3.8) is 0 Å². The summed E-state index contributed by atoms with van der Waals surface area (Å²) in [5.41, 5.74) is -5.36. The molecular formula is C43H28F6N2O7S2. The number of aryl methyl sites for hydroxylation is 2. The Hall–Kier alpha value is -6.34. The number of rotatable bonds is 12. The van der Waals surface area contributed by atoms with Crippen molar-refractivity contribution in [2.24, 2.45) is 0 Å². The number of ether oxygens (including phenoxy) is 2. The summed E-state index contributed by atoms with van der Waals surface area (Å²) in [4.78, 5) is 0.0716. The first-order chi connectivity index (χ1) is 28.5. The maximum absolute atomic E-state index is 15.0. The van der Waals surface area contributed by atoms with Crippen molar-refractivity contribution in [3.05, 3.63) is 161 Å². The third-order valence-corrected chi connectivity index (χ3v) is 11.9. The summed E-state index contributed by atoms with van der Waals surface area (Å²) in [6.45, 7) is 3.21. The van der Waals surface area contributed by atoms with Crippen LogP contribution >= 0.6 is 12.0 Å². The summed E-state index contributed by atoms with van der Waals surface area (Å²) in [5, 5.41) is 31.8. The molecule has 0 radical (unpaired) electrons. The Bertz CT molecular complexity index is 2730. The average molecular weight is 863 g/mol. The van der Waals surface area contributed by atoms with E-state index < -0.39 is 38.7 Å². The zero-order valence-corrected chi connectivity index (χ0v) is 32.6. The van der Waals surface area contributed by atoms with Gasteiger partial charge < -0.3 is 9.47 Å². The summed E-state index contributed by atoms with van der Waals surface area (Å²) in [6.07, 6.45) is -11.8. The molecule has 306 valence electrons. The summed E-state index contributed by atoms with van der Waals surface area (Å²) >= 11 is 0.563. The number of benzene rings is 6. The molecule has 17 heteroatoms. The minimum absolute atomic E-state index is 0.0698. The minimum atomic E-state index is -5.89. The molecule has 0 aliphatic rings. The van der Waals surface area contributed by atoms with Crippen LogP contribution in [0, 0.1) is 36.5 Å². The van der Waals surface area contributed by atoms with Crippen molar-refractivity contribution >= 4 is 21.9 Å². The highest BCUT2D eigenvalue weighted by Gasteiger charge is 2.72. The first kappa shape index (κ1) is 43.2. The van der Waals surface area contributed by atoms with E-state index in [0.29, 0.717) is 52.3 Å². The van der Waals surface area contributed by atoms with E-state index in [1.165, 1.54) is 60.7 Å². The van der Waals surface area contributed by atoms with Gasteiger partial charge in [-0.1, -0.05) is 71.8 Å². The molecule has 0 saturated heterocycles. The summed E-state index contributed by atoms with van der Waals surface area (Å²) in [7, 11) is -4.17. The second-order valence-corrected chi connectivity index (χ2v) is 15.7. The lowest BCUT2D eigenvalue weighted by Crippen LogP contribution is -2.54. The molecule has 0 atom stereocenters. The van der Waals surface area contributed by atoms with Gasteiger partial charge in [-0.3, -0.25) is 0 Å². The molecule has 6 aromatic rings. The van der Waals surface area contributed by atoms with E-state index in [-0.39, 0.29) is 55.0 Å². The molecule has 1 N–H and O–H groups in total. The SMILES string of the molecule is Cc1ccc(-c2cccc(Oc3ccc(C(c4ccc(Oc5cccc(C)c5C#N)cc4)(C(F)(F)F)C(F)(F)F)cc3)c2C#N)cc1S(=O)(=O)c1cccc(SOOO)c1. The van der Waals surface area contributed by atoms with Gasteiger partial charge in [-0.05, 0) is 102 Å². The number of halogens is 6. The molecule has 0 bridgehead atoms. The Morgan fingerprint density at radius 3 is 1.70 bits per heavy atom. The van der Waals surface area contributed by atoms with E-state index in [9.17, 15) is 45.3 Å². The van der Waals surface area contributed by atoms with Crippen LogP contribution in [0.15, 0.2) is 142 Å². The quantitative estimate of drug-likeness (QED) is 0.0547. The highest BCUT2D eigenvalue weighted by molar-refractivity contribution is 7.94. The van der Waals surface area contributed by atoms with Crippen LogP contribution < -0.4 is 9.47 Å². The van der Waals surface area contributed by atoms with Gasteiger partial charge in [0.1, 0.15) is 40.7 Å². The topological polar surface area (TPSA) is 139 Å². The maximum Gasteiger partial charge on any atom is 0.411 e. The van der Waals surface area contributed by atoms with Gasteiger partial charge in [-0.15, -0.1) is 4.33 Å². The van der Waals surface area contributed by atoms with Gasteiger partial charge in [-0.25, -0.2) is 13.7 Å². The van der Waals surface area contributed by atoms with Gasteiger partial charge in [0, 0.05) is 10.5 Å². The Balaban J connectivity index is 1.33. The predicted octanol–water partition coefficient (Wildman–Crippen LogP) is 12.0. The van der Waals surface area contributed by atoms with Crippen LogP contribution in [0.1, 0.15) is 33.4 Å². The fraction of sp³-hybridized carbons (Fsp3) is 0.116. The summed E-state index contributed by atoms with van der Waals surface area (Å²) < 4.78 is 133. The zero-order valence-electron chi connectivity index (χ0n) is 31.0. The lowest BCUT2D eigenvalue weighted by Gasteiger charge is -2.38. The number of nitrogens with zero attached hydrogens (tertiary/aromatic N) is 2. The first-order valence-electron chi connectivity index (χ1n) is 17.3. The molecule has 60 heavy (non-hydrogen) atoms. The smallest absolute Gasteiger partial charge is 0.411 e. The first-order valence-corrected chi connectivity index (χ1v) is 19.5. The van der Waals surface area contributed by atoms with E-state index in [4.69, 9.17) is 14.7 Å². The van der Waals surface area contributed by atoms with Gasteiger partial charge in [0.15, 0.2) is 0 Å². The number of alkyl halides is 6. The van der Waals surface area contributed by atoms with E-state index in [1.807, 2.05) is 12.1 Å². The highest BCUT2D eigenvalue weighted by Crippen LogP contribution is 2.56. The van der Waals surface area contributed by atoms with Crippen molar-refractivity contribution in [1.29, 1.82) is 10.5 Å². The van der Waals surface area contributed by atoms with Crippen molar-refractivity contribution < 1.29 is 58.9 Å². The molecule has 6 aromatic carbocycles. The van der Waals surface area contributed by atoms with Crippen LogP contribution in [0.25, 0.3) is 11.1 Å². The molecule has 0 aliphatic heterocycles. The Morgan fingerprint density at radius 2 is 1.17 bits per heavy atom. The van der Waals surface area contributed by atoms with Gasteiger partial charge in [0.05, 0.1) is 27.4 Å². The Labute approximate surface area is 343 Å². The monoisotopic (exact) mass is 862 g/mol. The molecule has 0 fully saturated rings. The second kappa shape index (κ2) is 17.1. The largest absolute Gasteiger partial charge is 0.456 e. The molecule has 0 aliphatic carbocycles. The second-order valence-electron chi connectivity index (χ2n) is 13.0. The van der Waals surface area contributed by atoms with Crippen LogP contribution in [0.3, 0.4) is 0 Å². The van der Waals surface area contributed by atoms with Crippen LogP contribution in [-0.2, 0) is 24.6 Å². The molecule has 0 aromatic heterocycles. The summed E-state index contributed by atoms with van der Waals surface area (Å²) in [5.74, 6) is -0.362. The Kier molecular flexibility index (Phi) is 12.3.